The van der Waals surface area contributed by atoms with Gasteiger partial charge in [0.05, 0.1) is 13.7 Å². The summed E-state index contributed by atoms with van der Waals surface area (Å²) in [5.74, 6) is -0.495. The summed E-state index contributed by atoms with van der Waals surface area (Å²) in [5.41, 5.74) is 0.547. The summed E-state index contributed by atoms with van der Waals surface area (Å²) in [7, 11) is 1.25. The van der Waals surface area contributed by atoms with Crippen LogP contribution in [0, 0.1) is 5.92 Å². The van der Waals surface area contributed by atoms with Crippen molar-refractivity contribution in [2.45, 2.75) is 85.5 Å². The zero-order valence-electron chi connectivity index (χ0n) is 24.5. The number of rotatable bonds is 16. The fourth-order valence-corrected chi connectivity index (χ4v) is 2.92. The molecule has 0 saturated carbocycles. The van der Waals surface area contributed by atoms with Gasteiger partial charge in [-0.1, -0.05) is 40.2 Å². The predicted molar refractivity (Wildman–Crippen MR) is 144 cm³/mol. The normalized spacial score (nSPS) is 13.7. The van der Waals surface area contributed by atoms with Crippen LogP contribution in [0.2, 0.25) is 0 Å². The summed E-state index contributed by atoms with van der Waals surface area (Å²) < 4.78 is 35.9. The monoisotopic (exact) mass is 569 g/mol. The van der Waals surface area contributed by atoms with Gasteiger partial charge in [0.2, 0.25) is 0 Å². The maximum Gasteiger partial charge on any atom is 0.514 e. The van der Waals surface area contributed by atoms with Gasteiger partial charge in [0.15, 0.2) is 11.5 Å². The molecule has 0 spiro atoms. The van der Waals surface area contributed by atoms with E-state index in [1.54, 1.807) is 19.9 Å². The summed E-state index contributed by atoms with van der Waals surface area (Å²) in [6.07, 6.45) is -1.34. The lowest BCUT2D eigenvalue weighted by atomic mass is 10.1. The van der Waals surface area contributed by atoms with Gasteiger partial charge in [-0.2, -0.15) is 0 Å². The standard InChI is InChI=1S/C28H43NO11/c1-8-18(4)17-36-26(31)35-14-13-29-22(25(30)34-7)15-21-11-12-23(39-27(32)37-19(5)9-2)24(16-21)40-28(33)38-20(6)10-3/h11-12,16,18-20,22,29H,8-10,13-15,17H2,1-7H3/t18?,19?,20?,22-/m0/s1. The van der Waals surface area contributed by atoms with Crippen LogP contribution >= 0.6 is 0 Å². The van der Waals surface area contributed by atoms with Crippen LogP contribution < -0.4 is 14.8 Å². The van der Waals surface area contributed by atoms with Crippen LogP contribution in [0.25, 0.3) is 0 Å². The van der Waals surface area contributed by atoms with E-state index in [0.717, 1.165) is 6.42 Å². The second-order valence-corrected chi connectivity index (χ2v) is 9.32. The van der Waals surface area contributed by atoms with Gasteiger partial charge in [0.25, 0.3) is 0 Å². The first kappa shape index (κ1) is 34.5. The number of esters is 1. The molecule has 3 unspecified atom stereocenters. The van der Waals surface area contributed by atoms with Gasteiger partial charge in [-0.15, -0.1) is 0 Å². The van der Waals surface area contributed by atoms with Crippen LogP contribution in [0.4, 0.5) is 14.4 Å². The summed E-state index contributed by atoms with van der Waals surface area (Å²) in [5, 5.41) is 2.97. The average molecular weight is 570 g/mol. The van der Waals surface area contributed by atoms with Crippen molar-refractivity contribution < 1.29 is 52.3 Å². The second-order valence-electron chi connectivity index (χ2n) is 9.32. The van der Waals surface area contributed by atoms with Crippen molar-refractivity contribution in [3.8, 4) is 11.5 Å². The van der Waals surface area contributed by atoms with E-state index in [-0.39, 0.29) is 49.7 Å². The molecule has 1 N–H and O–H groups in total. The molecule has 226 valence electrons. The van der Waals surface area contributed by atoms with E-state index in [1.807, 2.05) is 27.7 Å². The Morgan fingerprint density at radius 3 is 1.95 bits per heavy atom. The molecule has 1 aromatic rings. The Morgan fingerprint density at radius 2 is 1.40 bits per heavy atom. The van der Waals surface area contributed by atoms with Crippen LogP contribution in [0.1, 0.15) is 66.4 Å². The molecule has 40 heavy (non-hydrogen) atoms. The Hall–Kier alpha value is -3.54. The third-order valence-corrected chi connectivity index (χ3v) is 5.96. The summed E-state index contributed by atoms with van der Waals surface area (Å²) in [4.78, 5) is 48.6. The van der Waals surface area contributed by atoms with Gasteiger partial charge in [0.1, 0.15) is 24.9 Å². The molecule has 12 nitrogen and oxygen atoms in total. The van der Waals surface area contributed by atoms with Crippen LogP contribution in [-0.4, -0.2) is 69.6 Å². The molecule has 4 atom stereocenters. The van der Waals surface area contributed by atoms with Gasteiger partial charge < -0.3 is 38.5 Å². The SMILES string of the molecule is CCC(C)COC(=O)OCCN[C@@H](Cc1ccc(OC(=O)OC(C)CC)c(OC(=O)OC(C)CC)c1)C(=O)OC. The summed E-state index contributed by atoms with van der Waals surface area (Å²) >= 11 is 0. The zero-order valence-corrected chi connectivity index (χ0v) is 24.5. The zero-order chi connectivity index (χ0) is 30.1. The molecule has 0 bridgehead atoms. The minimum Gasteiger partial charge on any atom is -0.468 e. The van der Waals surface area contributed by atoms with E-state index in [9.17, 15) is 19.2 Å². The lowest BCUT2D eigenvalue weighted by Gasteiger charge is -2.18. The van der Waals surface area contributed by atoms with Crippen LogP contribution in [0.5, 0.6) is 11.5 Å². The molecule has 0 aromatic heterocycles. The number of carbonyl (C=O) groups is 4. The Kier molecular flexibility index (Phi) is 16.1. The highest BCUT2D eigenvalue weighted by molar-refractivity contribution is 5.76. The number of hydrogen-bond acceptors (Lipinski definition) is 12. The van der Waals surface area contributed by atoms with Gasteiger partial charge >= 0.3 is 24.4 Å². The van der Waals surface area contributed by atoms with Gasteiger partial charge in [0, 0.05) is 6.54 Å². The third kappa shape index (κ3) is 13.5. The highest BCUT2D eigenvalue weighted by Crippen LogP contribution is 2.30. The lowest BCUT2D eigenvalue weighted by molar-refractivity contribution is -0.143. The molecular weight excluding hydrogens is 526 g/mol. The van der Waals surface area contributed by atoms with E-state index in [2.05, 4.69) is 5.32 Å². The van der Waals surface area contributed by atoms with Crippen molar-refractivity contribution in [3.05, 3.63) is 23.8 Å². The molecule has 12 heteroatoms. The molecule has 0 aliphatic carbocycles. The minimum atomic E-state index is -0.980. The van der Waals surface area contributed by atoms with E-state index in [0.29, 0.717) is 18.4 Å². The predicted octanol–water partition coefficient (Wildman–Crippen LogP) is 5.19. The molecule has 1 rings (SSSR count). The Balaban J connectivity index is 2.95. The third-order valence-electron chi connectivity index (χ3n) is 5.96. The first-order chi connectivity index (χ1) is 19.0. The number of carbonyl (C=O) groups excluding carboxylic acids is 4. The second kappa shape index (κ2) is 18.7. The highest BCUT2D eigenvalue weighted by Gasteiger charge is 2.23. The highest BCUT2D eigenvalue weighted by atomic mass is 16.8. The van der Waals surface area contributed by atoms with E-state index < -0.39 is 36.6 Å². The fourth-order valence-electron chi connectivity index (χ4n) is 2.92. The molecule has 0 radical (unpaired) electrons. The largest absolute Gasteiger partial charge is 0.514 e. The van der Waals surface area contributed by atoms with Gasteiger partial charge in [-0.3, -0.25) is 4.79 Å². The Labute approximate surface area is 235 Å². The van der Waals surface area contributed by atoms with Crippen LogP contribution in [0.3, 0.4) is 0 Å². The summed E-state index contributed by atoms with van der Waals surface area (Å²) in [6, 6.07) is 3.64. The first-order valence-corrected chi connectivity index (χ1v) is 13.5. The molecule has 0 fully saturated rings. The number of nitrogens with one attached hydrogen (secondary N) is 1. The molecule has 1 aromatic carbocycles. The maximum atomic E-state index is 12.4. The fraction of sp³-hybridized carbons (Fsp3) is 0.643. The first-order valence-electron chi connectivity index (χ1n) is 13.5. The van der Waals surface area contributed by atoms with Gasteiger partial charge in [-0.05, 0) is 56.7 Å². The Bertz CT molecular complexity index is 952. The molecule has 0 aliphatic heterocycles. The molecule has 0 heterocycles. The van der Waals surface area contributed by atoms with Gasteiger partial charge in [-0.25, -0.2) is 14.4 Å². The molecule has 0 saturated heterocycles. The molecular formula is C28H43NO11. The molecule has 0 amide bonds. The van der Waals surface area contributed by atoms with E-state index in [1.165, 1.54) is 19.2 Å². The maximum absolute atomic E-state index is 12.4. The van der Waals surface area contributed by atoms with Crippen LogP contribution in [0.15, 0.2) is 18.2 Å². The summed E-state index contributed by atoms with van der Waals surface area (Å²) in [6.45, 7) is 11.4. The van der Waals surface area contributed by atoms with Crippen molar-refractivity contribution in [3.63, 3.8) is 0 Å². The van der Waals surface area contributed by atoms with E-state index in [4.69, 9.17) is 33.2 Å². The van der Waals surface area contributed by atoms with Crippen molar-refractivity contribution in [1.82, 2.24) is 5.32 Å². The van der Waals surface area contributed by atoms with Crippen molar-refractivity contribution in [1.29, 1.82) is 0 Å². The van der Waals surface area contributed by atoms with Crippen LogP contribution in [-0.2, 0) is 34.9 Å². The van der Waals surface area contributed by atoms with E-state index >= 15 is 0 Å². The topological polar surface area (TPSA) is 145 Å². The smallest absolute Gasteiger partial charge is 0.468 e. The number of ether oxygens (including phenoxy) is 7. The Morgan fingerprint density at radius 1 is 0.800 bits per heavy atom. The molecule has 0 aliphatic rings. The minimum absolute atomic E-state index is 0.0340. The van der Waals surface area contributed by atoms with Crippen molar-refractivity contribution in [2.75, 3.05) is 26.9 Å². The van der Waals surface area contributed by atoms with Crippen molar-refractivity contribution in [2.24, 2.45) is 5.92 Å². The quantitative estimate of drug-likeness (QED) is 0.121. The number of methoxy groups -OCH3 is 1. The number of benzene rings is 1. The number of hydrogen-bond donors (Lipinski definition) is 1. The average Bonchev–Trinajstić information content (AvgIpc) is 2.93. The van der Waals surface area contributed by atoms with Crippen molar-refractivity contribution >= 4 is 24.4 Å². The lowest BCUT2D eigenvalue weighted by Crippen LogP contribution is -2.41.